The summed E-state index contributed by atoms with van der Waals surface area (Å²) >= 11 is 0. The van der Waals surface area contributed by atoms with Crippen molar-refractivity contribution in [2.24, 2.45) is 0 Å². The lowest BCUT2D eigenvalue weighted by atomic mass is 10.1. The molecule has 0 saturated carbocycles. The van der Waals surface area contributed by atoms with Crippen molar-refractivity contribution < 1.29 is 9.26 Å². The molecule has 0 unspecified atom stereocenters. The van der Waals surface area contributed by atoms with E-state index in [0.29, 0.717) is 12.6 Å². The normalized spacial score (nSPS) is 19.0. The van der Waals surface area contributed by atoms with Gasteiger partial charge in [0.2, 0.25) is 0 Å². The maximum Gasteiger partial charge on any atom is 0.174 e. The smallest absolute Gasteiger partial charge is 0.174 e. The first kappa shape index (κ1) is 11.2. The molecule has 0 aliphatic carbocycles. The summed E-state index contributed by atoms with van der Waals surface area (Å²) in [7, 11) is 0. The third kappa shape index (κ3) is 2.51. The van der Waals surface area contributed by atoms with Crippen LogP contribution in [0, 0.1) is 0 Å². The molecule has 5 nitrogen and oxygen atoms in total. The third-order valence-corrected chi connectivity index (χ3v) is 3.01. The number of hydrogen-bond donors (Lipinski definition) is 1. The van der Waals surface area contributed by atoms with Gasteiger partial charge in [0.25, 0.3) is 0 Å². The van der Waals surface area contributed by atoms with Crippen molar-refractivity contribution in [3.63, 3.8) is 0 Å². The molecule has 1 aliphatic heterocycles. The highest BCUT2D eigenvalue weighted by Crippen LogP contribution is 2.22. The predicted octanol–water partition coefficient (Wildman–Crippen LogP) is 2.07. The van der Waals surface area contributed by atoms with Crippen LogP contribution in [0.1, 0.15) is 30.3 Å². The number of pyridine rings is 1. The van der Waals surface area contributed by atoms with Crippen LogP contribution in [0.15, 0.2) is 35.1 Å². The Kier molecular flexibility index (Phi) is 3.23. The number of rotatable bonds is 4. The van der Waals surface area contributed by atoms with Gasteiger partial charge in [-0.3, -0.25) is 4.98 Å². The summed E-state index contributed by atoms with van der Waals surface area (Å²) in [6.07, 6.45) is 5.70. The van der Waals surface area contributed by atoms with Crippen molar-refractivity contribution in [3.8, 4) is 5.75 Å². The summed E-state index contributed by atoms with van der Waals surface area (Å²) < 4.78 is 10.8. The van der Waals surface area contributed by atoms with E-state index in [9.17, 15) is 0 Å². The third-order valence-electron chi connectivity index (χ3n) is 3.01. The minimum atomic E-state index is 0.334. The predicted molar refractivity (Wildman–Crippen MR) is 65.0 cm³/mol. The molecule has 0 bridgehead atoms. The molecule has 18 heavy (non-hydrogen) atoms. The van der Waals surface area contributed by atoms with Gasteiger partial charge in [0.1, 0.15) is 18.1 Å². The molecular formula is C13H15N3O2. The second kappa shape index (κ2) is 5.18. The Morgan fingerprint density at radius 3 is 3.28 bits per heavy atom. The largest absolute Gasteiger partial charge is 0.484 e. The van der Waals surface area contributed by atoms with Gasteiger partial charge in [0, 0.05) is 12.3 Å². The van der Waals surface area contributed by atoms with Crippen LogP contribution in [0.3, 0.4) is 0 Å². The first-order valence-corrected chi connectivity index (χ1v) is 6.13. The molecule has 2 aromatic rings. The zero-order valence-corrected chi connectivity index (χ0v) is 10.0. The SMILES string of the molecule is c1cncc(OCc2cc([C@@H]3CCCN3)no2)c1. The van der Waals surface area contributed by atoms with Crippen LogP contribution < -0.4 is 10.1 Å². The van der Waals surface area contributed by atoms with Crippen LogP contribution in [0.2, 0.25) is 0 Å². The average molecular weight is 245 g/mol. The molecule has 3 heterocycles. The van der Waals surface area contributed by atoms with Crippen LogP contribution >= 0.6 is 0 Å². The molecule has 0 spiro atoms. The van der Waals surface area contributed by atoms with Gasteiger partial charge in [-0.25, -0.2) is 0 Å². The Labute approximate surface area is 105 Å². The molecular weight excluding hydrogens is 230 g/mol. The first-order valence-electron chi connectivity index (χ1n) is 6.13. The lowest BCUT2D eigenvalue weighted by Gasteiger charge is -2.03. The lowest BCUT2D eigenvalue weighted by molar-refractivity contribution is 0.247. The quantitative estimate of drug-likeness (QED) is 0.893. The van der Waals surface area contributed by atoms with Crippen molar-refractivity contribution in [3.05, 3.63) is 42.0 Å². The van der Waals surface area contributed by atoms with E-state index in [0.717, 1.165) is 30.2 Å². The average Bonchev–Trinajstić information content (AvgIpc) is 3.08. The minimum absolute atomic E-state index is 0.334. The van der Waals surface area contributed by atoms with Crippen LogP contribution in [0.25, 0.3) is 0 Å². The van der Waals surface area contributed by atoms with Crippen LogP contribution in [-0.2, 0) is 6.61 Å². The highest BCUT2D eigenvalue weighted by Gasteiger charge is 2.20. The van der Waals surface area contributed by atoms with Gasteiger partial charge in [-0.2, -0.15) is 0 Å². The van der Waals surface area contributed by atoms with E-state index in [1.807, 2.05) is 18.2 Å². The molecule has 1 fully saturated rings. The fourth-order valence-corrected chi connectivity index (χ4v) is 2.09. The van der Waals surface area contributed by atoms with Gasteiger partial charge in [-0.15, -0.1) is 0 Å². The lowest BCUT2D eigenvalue weighted by Crippen LogP contribution is -2.12. The van der Waals surface area contributed by atoms with Gasteiger partial charge in [0.15, 0.2) is 5.76 Å². The number of nitrogens with one attached hydrogen (secondary N) is 1. The Hall–Kier alpha value is -1.88. The van der Waals surface area contributed by atoms with Crippen molar-refractivity contribution in [2.75, 3.05) is 6.54 Å². The number of nitrogens with zero attached hydrogens (tertiary/aromatic N) is 2. The van der Waals surface area contributed by atoms with Gasteiger partial charge >= 0.3 is 0 Å². The van der Waals surface area contributed by atoms with E-state index in [-0.39, 0.29) is 0 Å². The van der Waals surface area contributed by atoms with Crippen molar-refractivity contribution in [1.82, 2.24) is 15.5 Å². The maximum absolute atomic E-state index is 5.55. The second-order valence-electron chi connectivity index (χ2n) is 4.34. The standard InChI is InChI=1S/C13H15N3O2/c1-3-10(8-14-5-1)17-9-11-7-13(16-18-11)12-4-2-6-15-12/h1,3,5,7-8,12,15H,2,4,6,9H2/t12-/m0/s1. The summed E-state index contributed by atoms with van der Waals surface area (Å²) in [5.74, 6) is 1.47. The van der Waals surface area contributed by atoms with E-state index < -0.39 is 0 Å². The van der Waals surface area contributed by atoms with E-state index in [2.05, 4.69) is 15.5 Å². The second-order valence-corrected chi connectivity index (χ2v) is 4.34. The van der Waals surface area contributed by atoms with Gasteiger partial charge in [-0.05, 0) is 31.5 Å². The molecule has 0 radical (unpaired) electrons. The van der Waals surface area contributed by atoms with E-state index >= 15 is 0 Å². The topological polar surface area (TPSA) is 60.2 Å². The van der Waals surface area contributed by atoms with Gasteiger partial charge < -0.3 is 14.6 Å². The van der Waals surface area contributed by atoms with Crippen molar-refractivity contribution in [2.45, 2.75) is 25.5 Å². The zero-order valence-electron chi connectivity index (χ0n) is 10.0. The van der Waals surface area contributed by atoms with Gasteiger partial charge in [0.05, 0.1) is 12.2 Å². The van der Waals surface area contributed by atoms with E-state index in [1.165, 1.54) is 6.42 Å². The van der Waals surface area contributed by atoms with Crippen molar-refractivity contribution >= 4 is 0 Å². The zero-order chi connectivity index (χ0) is 12.2. The fraction of sp³-hybridized carbons (Fsp3) is 0.385. The van der Waals surface area contributed by atoms with Crippen LogP contribution in [-0.4, -0.2) is 16.7 Å². The van der Waals surface area contributed by atoms with Crippen LogP contribution in [0.5, 0.6) is 5.75 Å². The Balaban J connectivity index is 1.60. The number of aromatic nitrogens is 2. The van der Waals surface area contributed by atoms with Gasteiger partial charge in [-0.1, -0.05) is 5.16 Å². The Bertz CT molecular complexity index is 492. The fourth-order valence-electron chi connectivity index (χ4n) is 2.09. The molecule has 94 valence electrons. The molecule has 1 aliphatic rings. The minimum Gasteiger partial charge on any atom is -0.484 e. The maximum atomic E-state index is 5.55. The number of ether oxygens (including phenoxy) is 1. The molecule has 0 amide bonds. The molecule has 2 aromatic heterocycles. The summed E-state index contributed by atoms with van der Waals surface area (Å²) in [4.78, 5) is 3.98. The Morgan fingerprint density at radius 1 is 1.50 bits per heavy atom. The monoisotopic (exact) mass is 245 g/mol. The summed E-state index contributed by atoms with van der Waals surface area (Å²) in [5.41, 5.74) is 0.970. The molecule has 1 atom stereocenters. The molecule has 1 N–H and O–H groups in total. The Morgan fingerprint density at radius 2 is 2.50 bits per heavy atom. The summed E-state index contributed by atoms with van der Waals surface area (Å²) in [6, 6.07) is 5.99. The molecule has 1 saturated heterocycles. The van der Waals surface area contributed by atoms with E-state index in [1.54, 1.807) is 12.4 Å². The van der Waals surface area contributed by atoms with Crippen molar-refractivity contribution in [1.29, 1.82) is 0 Å². The number of hydrogen-bond acceptors (Lipinski definition) is 5. The highest BCUT2D eigenvalue weighted by molar-refractivity contribution is 5.16. The van der Waals surface area contributed by atoms with E-state index in [4.69, 9.17) is 9.26 Å². The summed E-state index contributed by atoms with van der Waals surface area (Å²) in [5, 5.41) is 7.46. The summed E-state index contributed by atoms with van der Waals surface area (Å²) in [6.45, 7) is 1.43. The molecule has 0 aromatic carbocycles. The first-order chi connectivity index (χ1) is 8.92. The van der Waals surface area contributed by atoms with Crippen LogP contribution in [0.4, 0.5) is 0 Å². The highest BCUT2D eigenvalue weighted by atomic mass is 16.5. The molecule has 5 heteroatoms. The molecule has 3 rings (SSSR count).